The van der Waals surface area contributed by atoms with E-state index in [1.807, 2.05) is 0 Å². The molecule has 0 radical (unpaired) electrons. The number of ether oxygens (including phenoxy) is 1. The van der Waals surface area contributed by atoms with Gasteiger partial charge in [-0.05, 0) is 36.8 Å². The van der Waals surface area contributed by atoms with E-state index in [-0.39, 0.29) is 30.7 Å². The van der Waals surface area contributed by atoms with Gasteiger partial charge in [0.15, 0.2) is 0 Å². The van der Waals surface area contributed by atoms with Gasteiger partial charge in [-0.25, -0.2) is 0 Å². The zero-order valence-corrected chi connectivity index (χ0v) is 14.9. The lowest BCUT2D eigenvalue weighted by molar-refractivity contribution is -0.116. The summed E-state index contributed by atoms with van der Waals surface area (Å²) < 4.78 is 5.06. The van der Waals surface area contributed by atoms with Crippen LogP contribution < -0.4 is 10.1 Å². The van der Waals surface area contributed by atoms with Gasteiger partial charge in [0.25, 0.3) is 11.8 Å². The molecule has 0 spiro atoms. The number of halogens is 1. The van der Waals surface area contributed by atoms with Gasteiger partial charge < -0.3 is 10.1 Å². The van der Waals surface area contributed by atoms with Gasteiger partial charge in [-0.3, -0.25) is 19.3 Å². The molecule has 0 aromatic heterocycles. The van der Waals surface area contributed by atoms with Crippen LogP contribution in [-0.4, -0.2) is 36.3 Å². The average molecular weight is 373 g/mol. The molecule has 0 saturated heterocycles. The quantitative estimate of drug-likeness (QED) is 0.789. The first kappa shape index (κ1) is 17.9. The number of benzene rings is 2. The molecule has 3 rings (SSSR count). The molecule has 0 atom stereocenters. The Morgan fingerprint density at radius 2 is 1.77 bits per heavy atom. The average Bonchev–Trinajstić information content (AvgIpc) is 2.87. The molecular weight excluding hydrogens is 356 g/mol. The fourth-order valence-electron chi connectivity index (χ4n) is 2.81. The number of carbonyl (C=O) groups excluding carboxylic acids is 3. The molecule has 0 bridgehead atoms. The summed E-state index contributed by atoms with van der Waals surface area (Å²) in [6.07, 6.45) is 0.554. The summed E-state index contributed by atoms with van der Waals surface area (Å²) in [7, 11) is 1.51. The summed E-state index contributed by atoms with van der Waals surface area (Å²) in [6.45, 7) is 0.198. The van der Waals surface area contributed by atoms with E-state index in [1.165, 1.54) is 12.0 Å². The first-order chi connectivity index (χ1) is 12.5. The Balaban J connectivity index is 1.52. The van der Waals surface area contributed by atoms with Crippen LogP contribution in [0.3, 0.4) is 0 Å². The number of nitrogens with zero attached hydrogens (tertiary/aromatic N) is 1. The minimum absolute atomic E-state index is 0.178. The van der Waals surface area contributed by atoms with Gasteiger partial charge in [-0.2, -0.15) is 0 Å². The molecule has 134 valence electrons. The first-order valence-electron chi connectivity index (χ1n) is 8.10. The van der Waals surface area contributed by atoms with Crippen molar-refractivity contribution in [3.05, 3.63) is 58.6 Å². The number of anilines is 1. The molecule has 7 heteroatoms. The Hall–Kier alpha value is -2.86. The Morgan fingerprint density at radius 1 is 1.12 bits per heavy atom. The Labute approximate surface area is 155 Å². The van der Waals surface area contributed by atoms with Crippen LogP contribution in [0.5, 0.6) is 5.75 Å². The molecule has 0 saturated carbocycles. The van der Waals surface area contributed by atoms with Gasteiger partial charge in [-0.15, -0.1) is 0 Å². The summed E-state index contributed by atoms with van der Waals surface area (Å²) >= 11 is 6.02. The standard InChI is InChI=1S/C19H17ClN2O4/c1-26-16-9-8-12(11-15(16)20)21-17(23)7-4-10-22-18(24)13-5-2-3-6-14(13)19(22)25/h2-3,5-6,8-9,11H,4,7,10H2,1H3,(H,21,23). The van der Waals surface area contributed by atoms with Crippen LogP contribution in [0.1, 0.15) is 33.6 Å². The second-order valence-corrected chi connectivity index (χ2v) is 6.22. The first-order valence-corrected chi connectivity index (χ1v) is 8.47. The molecular formula is C19H17ClN2O4. The number of hydrogen-bond donors (Lipinski definition) is 1. The van der Waals surface area contributed by atoms with Crippen LogP contribution in [0.25, 0.3) is 0 Å². The lowest BCUT2D eigenvalue weighted by Crippen LogP contribution is -2.31. The maximum absolute atomic E-state index is 12.2. The predicted octanol–water partition coefficient (Wildman–Crippen LogP) is 3.36. The Morgan fingerprint density at radius 3 is 2.35 bits per heavy atom. The van der Waals surface area contributed by atoms with Crippen molar-refractivity contribution in [3.63, 3.8) is 0 Å². The van der Waals surface area contributed by atoms with Crippen molar-refractivity contribution < 1.29 is 19.1 Å². The molecule has 0 aliphatic carbocycles. The second-order valence-electron chi connectivity index (χ2n) is 5.81. The highest BCUT2D eigenvalue weighted by Crippen LogP contribution is 2.27. The van der Waals surface area contributed by atoms with Crippen LogP contribution in [-0.2, 0) is 4.79 Å². The number of imide groups is 1. The fourth-order valence-corrected chi connectivity index (χ4v) is 3.07. The van der Waals surface area contributed by atoms with Crippen molar-refractivity contribution in [2.24, 2.45) is 0 Å². The third-order valence-corrected chi connectivity index (χ3v) is 4.39. The number of hydrogen-bond acceptors (Lipinski definition) is 4. The summed E-state index contributed by atoms with van der Waals surface area (Å²) in [5.41, 5.74) is 1.38. The van der Waals surface area contributed by atoms with Gasteiger partial charge in [-0.1, -0.05) is 23.7 Å². The van der Waals surface area contributed by atoms with E-state index in [9.17, 15) is 14.4 Å². The molecule has 0 fully saturated rings. The highest BCUT2D eigenvalue weighted by molar-refractivity contribution is 6.32. The number of nitrogens with one attached hydrogen (secondary N) is 1. The summed E-state index contributed by atoms with van der Waals surface area (Å²) in [5, 5.41) is 3.13. The van der Waals surface area contributed by atoms with E-state index in [4.69, 9.17) is 16.3 Å². The van der Waals surface area contributed by atoms with Crippen LogP contribution in [0.4, 0.5) is 5.69 Å². The molecule has 3 amide bonds. The minimum atomic E-state index is -0.312. The van der Waals surface area contributed by atoms with Crippen molar-refractivity contribution in [2.75, 3.05) is 19.0 Å². The maximum Gasteiger partial charge on any atom is 0.261 e. The van der Waals surface area contributed by atoms with Crippen LogP contribution in [0, 0.1) is 0 Å². The number of fused-ring (bicyclic) bond motifs is 1. The molecule has 0 unspecified atom stereocenters. The molecule has 1 N–H and O–H groups in total. The van der Waals surface area contributed by atoms with Crippen molar-refractivity contribution in [1.29, 1.82) is 0 Å². The van der Waals surface area contributed by atoms with Gasteiger partial charge in [0.1, 0.15) is 5.75 Å². The molecule has 1 aliphatic heterocycles. The van der Waals surface area contributed by atoms with Crippen molar-refractivity contribution in [2.45, 2.75) is 12.8 Å². The summed E-state index contributed by atoms with van der Waals surface area (Å²) in [6, 6.07) is 11.7. The van der Waals surface area contributed by atoms with Crippen LogP contribution in [0.2, 0.25) is 5.02 Å². The second kappa shape index (κ2) is 7.58. The number of amides is 3. The summed E-state index contributed by atoms with van der Waals surface area (Å²) in [4.78, 5) is 37.7. The van der Waals surface area contributed by atoms with Crippen LogP contribution in [0.15, 0.2) is 42.5 Å². The van der Waals surface area contributed by atoms with E-state index in [0.29, 0.717) is 34.0 Å². The molecule has 1 heterocycles. The lowest BCUT2D eigenvalue weighted by atomic mass is 10.1. The topological polar surface area (TPSA) is 75.7 Å². The largest absolute Gasteiger partial charge is 0.495 e. The molecule has 2 aromatic rings. The minimum Gasteiger partial charge on any atom is -0.495 e. The zero-order valence-electron chi connectivity index (χ0n) is 14.1. The van der Waals surface area contributed by atoms with Crippen molar-refractivity contribution >= 4 is 35.0 Å². The molecule has 1 aliphatic rings. The lowest BCUT2D eigenvalue weighted by Gasteiger charge is -2.13. The third-order valence-electron chi connectivity index (χ3n) is 4.10. The third kappa shape index (κ3) is 3.55. The fraction of sp³-hybridized carbons (Fsp3) is 0.211. The molecule has 2 aromatic carbocycles. The normalized spacial score (nSPS) is 12.9. The monoisotopic (exact) mass is 372 g/mol. The van der Waals surface area contributed by atoms with E-state index in [2.05, 4.69) is 5.32 Å². The number of carbonyl (C=O) groups is 3. The zero-order chi connectivity index (χ0) is 18.7. The number of methoxy groups -OCH3 is 1. The van der Waals surface area contributed by atoms with Gasteiger partial charge >= 0.3 is 0 Å². The molecule has 26 heavy (non-hydrogen) atoms. The maximum atomic E-state index is 12.2. The van der Waals surface area contributed by atoms with E-state index >= 15 is 0 Å². The van der Waals surface area contributed by atoms with Crippen molar-refractivity contribution in [3.8, 4) is 5.75 Å². The van der Waals surface area contributed by atoms with E-state index < -0.39 is 0 Å². The predicted molar refractivity (Wildman–Crippen MR) is 97.7 cm³/mol. The molecule has 6 nitrogen and oxygen atoms in total. The van der Waals surface area contributed by atoms with Gasteiger partial charge in [0, 0.05) is 18.7 Å². The highest BCUT2D eigenvalue weighted by Gasteiger charge is 2.34. The Bertz CT molecular complexity index is 847. The van der Waals surface area contributed by atoms with Gasteiger partial charge in [0.05, 0.1) is 23.3 Å². The Kier molecular flexibility index (Phi) is 5.23. The van der Waals surface area contributed by atoms with Crippen LogP contribution >= 0.6 is 11.6 Å². The van der Waals surface area contributed by atoms with Gasteiger partial charge in [0.2, 0.25) is 5.91 Å². The SMILES string of the molecule is COc1ccc(NC(=O)CCCN2C(=O)c3ccccc3C2=O)cc1Cl. The highest BCUT2D eigenvalue weighted by atomic mass is 35.5. The summed E-state index contributed by atoms with van der Waals surface area (Å²) in [5.74, 6) is -0.320. The van der Waals surface area contributed by atoms with E-state index in [1.54, 1.807) is 42.5 Å². The van der Waals surface area contributed by atoms with E-state index in [0.717, 1.165) is 0 Å². The van der Waals surface area contributed by atoms with Crippen molar-refractivity contribution in [1.82, 2.24) is 4.90 Å². The number of rotatable bonds is 6. The smallest absolute Gasteiger partial charge is 0.261 e.